The van der Waals surface area contributed by atoms with Crippen molar-refractivity contribution in [3.63, 3.8) is 0 Å². The van der Waals surface area contributed by atoms with Gasteiger partial charge in [-0.05, 0) is 13.3 Å². The van der Waals surface area contributed by atoms with E-state index in [0.717, 1.165) is 6.42 Å². The molecule has 1 unspecified atom stereocenters. The molecule has 0 fully saturated rings. The first-order valence-electron chi connectivity index (χ1n) is 3.60. The van der Waals surface area contributed by atoms with Crippen molar-refractivity contribution in [3.8, 4) is 0 Å². The Labute approximate surface area is 71.5 Å². The Kier molecular flexibility index (Phi) is 11.1. The molecular weight excluding hydrogens is 162 g/mol. The summed E-state index contributed by atoms with van der Waals surface area (Å²) >= 11 is 0. The number of carbonyl (C=O) groups is 2. The Balaban J connectivity index is 0. The van der Waals surface area contributed by atoms with Crippen LogP contribution in [-0.4, -0.2) is 30.2 Å². The summed E-state index contributed by atoms with van der Waals surface area (Å²) in [6, 6.07) is -0.489. The molecule has 0 aromatic heterocycles. The van der Waals surface area contributed by atoms with E-state index in [2.05, 4.69) is 4.74 Å². The van der Waals surface area contributed by atoms with E-state index < -0.39 is 6.04 Å². The Bertz CT molecular complexity index is 125. The van der Waals surface area contributed by atoms with Crippen LogP contribution in [0.3, 0.4) is 0 Å². The van der Waals surface area contributed by atoms with E-state index in [9.17, 15) is 4.79 Å². The predicted octanol–water partition coefficient (Wildman–Crippen LogP) is -0.0124. The molecule has 0 rings (SSSR count). The molecule has 0 aromatic rings. The predicted molar refractivity (Wildman–Crippen MR) is 43.6 cm³/mol. The third-order valence-corrected chi connectivity index (χ3v) is 0.820. The summed E-state index contributed by atoms with van der Waals surface area (Å²) in [7, 11) is 0. The second kappa shape index (κ2) is 9.90. The summed E-state index contributed by atoms with van der Waals surface area (Å²) in [5, 5.41) is 6.89. The van der Waals surface area contributed by atoms with Gasteiger partial charge in [0, 0.05) is 0 Å². The molecule has 0 aliphatic heterocycles. The molecule has 1 atom stereocenters. The average molecular weight is 177 g/mol. The molecule has 5 nitrogen and oxygen atoms in total. The third kappa shape index (κ3) is 11.7. The minimum atomic E-state index is -0.489. The largest absolute Gasteiger partial charge is 0.483 e. The molecular formula is C7H15NO4. The smallest absolute Gasteiger partial charge is 0.322 e. The number of esters is 1. The summed E-state index contributed by atoms with van der Waals surface area (Å²) in [5.41, 5.74) is 5.20. The summed E-state index contributed by atoms with van der Waals surface area (Å²) in [6.07, 6.45) is 0.846. The first-order valence-corrected chi connectivity index (χ1v) is 3.60. The topological polar surface area (TPSA) is 89.6 Å². The van der Waals surface area contributed by atoms with Crippen LogP contribution in [0.4, 0.5) is 0 Å². The Hall–Kier alpha value is -1.10. The van der Waals surface area contributed by atoms with E-state index in [-0.39, 0.29) is 12.4 Å². The van der Waals surface area contributed by atoms with E-state index in [0.29, 0.717) is 6.61 Å². The molecule has 12 heavy (non-hydrogen) atoms. The third-order valence-electron chi connectivity index (χ3n) is 0.820. The summed E-state index contributed by atoms with van der Waals surface area (Å²) in [5.74, 6) is -0.322. The van der Waals surface area contributed by atoms with Crippen molar-refractivity contribution >= 4 is 12.4 Å². The molecule has 0 spiro atoms. The van der Waals surface area contributed by atoms with Gasteiger partial charge in [0.05, 0.1) is 6.61 Å². The van der Waals surface area contributed by atoms with Crippen LogP contribution in [0, 0.1) is 0 Å². The first kappa shape index (κ1) is 13.5. The monoisotopic (exact) mass is 177 g/mol. The zero-order chi connectivity index (χ0) is 9.98. The van der Waals surface area contributed by atoms with E-state index in [4.69, 9.17) is 15.6 Å². The van der Waals surface area contributed by atoms with Crippen LogP contribution in [0.5, 0.6) is 0 Å². The molecule has 0 radical (unpaired) electrons. The zero-order valence-corrected chi connectivity index (χ0v) is 7.32. The highest BCUT2D eigenvalue weighted by molar-refractivity contribution is 5.74. The lowest BCUT2D eigenvalue weighted by Crippen LogP contribution is -2.28. The fraction of sp³-hybridized carbons (Fsp3) is 0.714. The van der Waals surface area contributed by atoms with Gasteiger partial charge in [-0.3, -0.25) is 9.59 Å². The SMILES string of the molecule is CCCOC(=O)C(C)N.O=CO. The first-order chi connectivity index (χ1) is 5.59. The highest BCUT2D eigenvalue weighted by Crippen LogP contribution is 1.85. The van der Waals surface area contributed by atoms with Crippen molar-refractivity contribution in [2.75, 3.05) is 6.61 Å². The molecule has 0 bridgehead atoms. The summed E-state index contributed by atoms with van der Waals surface area (Å²) < 4.78 is 4.69. The number of hydrogen-bond acceptors (Lipinski definition) is 4. The van der Waals surface area contributed by atoms with Gasteiger partial charge in [0.2, 0.25) is 0 Å². The van der Waals surface area contributed by atoms with Crippen LogP contribution < -0.4 is 5.73 Å². The summed E-state index contributed by atoms with van der Waals surface area (Å²) in [6.45, 7) is 3.77. The van der Waals surface area contributed by atoms with E-state index in [1.165, 1.54) is 0 Å². The molecule has 0 aliphatic carbocycles. The second-order valence-corrected chi connectivity index (χ2v) is 2.06. The molecule has 3 N–H and O–H groups in total. The van der Waals surface area contributed by atoms with E-state index >= 15 is 0 Å². The van der Waals surface area contributed by atoms with Gasteiger partial charge in [0.1, 0.15) is 6.04 Å². The van der Waals surface area contributed by atoms with Crippen molar-refractivity contribution in [2.24, 2.45) is 5.73 Å². The standard InChI is InChI=1S/C6H13NO2.CH2O2/c1-3-4-9-6(8)5(2)7;2-1-3/h5H,3-4,7H2,1-2H3;1H,(H,2,3). The number of carboxylic acid groups (broad SMARTS) is 1. The van der Waals surface area contributed by atoms with Gasteiger partial charge in [-0.15, -0.1) is 0 Å². The van der Waals surface area contributed by atoms with Gasteiger partial charge >= 0.3 is 5.97 Å². The Morgan fingerprint density at radius 1 is 1.75 bits per heavy atom. The Morgan fingerprint density at radius 2 is 2.17 bits per heavy atom. The second-order valence-electron chi connectivity index (χ2n) is 2.06. The van der Waals surface area contributed by atoms with Crippen LogP contribution >= 0.6 is 0 Å². The fourth-order valence-corrected chi connectivity index (χ4v) is 0.334. The van der Waals surface area contributed by atoms with Crippen molar-refractivity contribution in [2.45, 2.75) is 26.3 Å². The minimum absolute atomic E-state index is 0.250. The minimum Gasteiger partial charge on any atom is -0.483 e. The van der Waals surface area contributed by atoms with Crippen LogP contribution in [-0.2, 0) is 14.3 Å². The quantitative estimate of drug-likeness (QED) is 0.467. The highest BCUT2D eigenvalue weighted by atomic mass is 16.5. The van der Waals surface area contributed by atoms with E-state index in [1.54, 1.807) is 6.92 Å². The van der Waals surface area contributed by atoms with Crippen LogP contribution in [0.2, 0.25) is 0 Å². The van der Waals surface area contributed by atoms with Crippen molar-refractivity contribution < 1.29 is 19.4 Å². The molecule has 0 aliphatic rings. The van der Waals surface area contributed by atoms with Crippen LogP contribution in [0.1, 0.15) is 20.3 Å². The van der Waals surface area contributed by atoms with Crippen LogP contribution in [0.25, 0.3) is 0 Å². The van der Waals surface area contributed by atoms with Gasteiger partial charge < -0.3 is 15.6 Å². The summed E-state index contributed by atoms with van der Waals surface area (Å²) in [4.78, 5) is 18.9. The number of ether oxygens (including phenoxy) is 1. The lowest BCUT2D eigenvalue weighted by Gasteiger charge is -2.03. The number of nitrogens with two attached hydrogens (primary N) is 1. The van der Waals surface area contributed by atoms with Gasteiger partial charge in [0.15, 0.2) is 0 Å². The molecule has 0 saturated carbocycles. The molecule has 0 aromatic carbocycles. The maximum Gasteiger partial charge on any atom is 0.322 e. The van der Waals surface area contributed by atoms with Crippen molar-refractivity contribution in [1.29, 1.82) is 0 Å². The number of carbonyl (C=O) groups excluding carboxylic acids is 1. The van der Waals surface area contributed by atoms with Gasteiger partial charge in [-0.1, -0.05) is 6.92 Å². The van der Waals surface area contributed by atoms with Crippen LogP contribution in [0.15, 0.2) is 0 Å². The average Bonchev–Trinajstić information content (AvgIpc) is 2.01. The lowest BCUT2D eigenvalue weighted by molar-refractivity contribution is -0.144. The molecule has 0 saturated heterocycles. The number of hydrogen-bond donors (Lipinski definition) is 2. The van der Waals surface area contributed by atoms with Crippen molar-refractivity contribution in [1.82, 2.24) is 0 Å². The van der Waals surface area contributed by atoms with Gasteiger partial charge in [-0.2, -0.15) is 0 Å². The molecule has 5 heteroatoms. The van der Waals surface area contributed by atoms with E-state index in [1.807, 2.05) is 6.92 Å². The fourth-order valence-electron chi connectivity index (χ4n) is 0.334. The van der Waals surface area contributed by atoms with Gasteiger partial charge in [-0.25, -0.2) is 0 Å². The van der Waals surface area contributed by atoms with Gasteiger partial charge in [0.25, 0.3) is 6.47 Å². The molecule has 72 valence electrons. The molecule has 0 amide bonds. The number of rotatable bonds is 3. The highest BCUT2D eigenvalue weighted by Gasteiger charge is 2.06. The van der Waals surface area contributed by atoms with Crippen molar-refractivity contribution in [3.05, 3.63) is 0 Å². The maximum atomic E-state index is 10.6. The maximum absolute atomic E-state index is 10.6. The zero-order valence-electron chi connectivity index (χ0n) is 7.32. The normalized spacial score (nSPS) is 10.6. The Morgan fingerprint density at radius 3 is 2.42 bits per heavy atom. The lowest BCUT2D eigenvalue weighted by atomic mass is 10.4. The molecule has 0 heterocycles.